The fourth-order valence-corrected chi connectivity index (χ4v) is 5.73. The van der Waals surface area contributed by atoms with Crippen LogP contribution in [0.1, 0.15) is 121 Å². The second-order valence-corrected chi connectivity index (χ2v) is 9.58. The first-order valence-corrected chi connectivity index (χ1v) is 12.2. The van der Waals surface area contributed by atoms with E-state index in [0.29, 0.717) is 0 Å². The van der Waals surface area contributed by atoms with Crippen molar-refractivity contribution in [2.24, 2.45) is 17.8 Å². The minimum absolute atomic E-state index is 0.729. The molecule has 0 atom stereocenters. The molecule has 0 N–H and O–H groups in total. The number of rotatable bonds is 9. The van der Waals surface area contributed by atoms with E-state index in [1.165, 1.54) is 108 Å². The van der Waals surface area contributed by atoms with Gasteiger partial charge in [-0.2, -0.15) is 0 Å². The second kappa shape index (κ2) is 11.2. The zero-order valence-electron chi connectivity index (χ0n) is 18.1. The van der Waals surface area contributed by atoms with E-state index in [0.717, 1.165) is 23.7 Å². The van der Waals surface area contributed by atoms with Crippen LogP contribution < -0.4 is 0 Å². The summed E-state index contributed by atoms with van der Waals surface area (Å²) in [5.74, 6) is 3.84. The van der Waals surface area contributed by atoms with Gasteiger partial charge >= 0.3 is 0 Å². The summed E-state index contributed by atoms with van der Waals surface area (Å²) in [6.45, 7) is 4.61. The second-order valence-electron chi connectivity index (χ2n) is 9.58. The summed E-state index contributed by atoms with van der Waals surface area (Å²) >= 11 is 0. The van der Waals surface area contributed by atoms with Crippen molar-refractivity contribution >= 4 is 0 Å². The third-order valence-electron chi connectivity index (χ3n) is 7.63. The lowest BCUT2D eigenvalue weighted by atomic mass is 9.68. The third-order valence-corrected chi connectivity index (χ3v) is 7.63. The Morgan fingerprint density at radius 2 is 1.44 bits per heavy atom. The summed E-state index contributed by atoms with van der Waals surface area (Å²) in [4.78, 5) is 4.86. The Labute approximate surface area is 168 Å². The van der Waals surface area contributed by atoms with Gasteiger partial charge < -0.3 is 0 Å². The maximum absolute atomic E-state index is 4.86. The Morgan fingerprint density at radius 3 is 2.04 bits per heavy atom. The van der Waals surface area contributed by atoms with E-state index in [-0.39, 0.29) is 0 Å². The first kappa shape index (κ1) is 20.9. The van der Waals surface area contributed by atoms with Crippen molar-refractivity contribution in [3.8, 4) is 0 Å². The molecule has 0 saturated heterocycles. The zero-order valence-corrected chi connectivity index (χ0v) is 18.1. The van der Waals surface area contributed by atoms with Gasteiger partial charge in [0.05, 0.1) is 0 Å². The standard InChI is InChI=1S/C26H43N/c1-3-5-7-9-22-12-19-26(27-20-22)25-17-15-24(16-18-25)23-13-10-21(11-14-23)8-6-4-2/h12,19-21,23-25H,3-11,13-18H2,1-2H3/t21-,23-,24?,25?. The number of hydrogen-bond donors (Lipinski definition) is 0. The number of aryl methyl sites for hydroxylation is 1. The topological polar surface area (TPSA) is 12.9 Å². The number of nitrogens with zero attached hydrogens (tertiary/aromatic N) is 1. The molecule has 1 nitrogen and oxygen atoms in total. The maximum atomic E-state index is 4.86. The predicted molar refractivity (Wildman–Crippen MR) is 117 cm³/mol. The minimum Gasteiger partial charge on any atom is -0.261 e. The zero-order chi connectivity index (χ0) is 18.9. The van der Waals surface area contributed by atoms with Crippen molar-refractivity contribution in [2.75, 3.05) is 0 Å². The van der Waals surface area contributed by atoms with Gasteiger partial charge in [0.25, 0.3) is 0 Å². The highest BCUT2D eigenvalue weighted by Gasteiger charge is 2.31. The molecule has 27 heavy (non-hydrogen) atoms. The van der Waals surface area contributed by atoms with Crippen LogP contribution in [0.4, 0.5) is 0 Å². The molecular weight excluding hydrogens is 326 g/mol. The van der Waals surface area contributed by atoms with E-state index in [9.17, 15) is 0 Å². The summed E-state index contributed by atoms with van der Waals surface area (Å²) in [6, 6.07) is 4.69. The summed E-state index contributed by atoms with van der Waals surface area (Å²) in [6.07, 6.45) is 23.4. The summed E-state index contributed by atoms with van der Waals surface area (Å²) in [7, 11) is 0. The molecule has 152 valence electrons. The Morgan fingerprint density at radius 1 is 0.778 bits per heavy atom. The molecule has 2 fully saturated rings. The first-order valence-electron chi connectivity index (χ1n) is 12.2. The third kappa shape index (κ3) is 6.33. The Balaban J connectivity index is 1.40. The van der Waals surface area contributed by atoms with Gasteiger partial charge in [0, 0.05) is 17.8 Å². The fourth-order valence-electron chi connectivity index (χ4n) is 5.73. The lowest BCUT2D eigenvalue weighted by molar-refractivity contribution is 0.155. The van der Waals surface area contributed by atoms with Gasteiger partial charge in [0.1, 0.15) is 0 Å². The Bertz CT molecular complexity index is 504. The van der Waals surface area contributed by atoms with E-state index in [2.05, 4.69) is 32.2 Å². The fraction of sp³-hybridized carbons (Fsp3) is 0.808. The molecule has 1 aromatic heterocycles. The Kier molecular flexibility index (Phi) is 8.68. The van der Waals surface area contributed by atoms with Crippen LogP contribution >= 0.6 is 0 Å². The van der Waals surface area contributed by atoms with Crippen LogP contribution in [0.15, 0.2) is 18.3 Å². The molecule has 2 aliphatic carbocycles. The van der Waals surface area contributed by atoms with Gasteiger partial charge in [-0.25, -0.2) is 0 Å². The smallest absolute Gasteiger partial charge is 0.0434 e. The van der Waals surface area contributed by atoms with Crippen LogP contribution in [0.2, 0.25) is 0 Å². The summed E-state index contributed by atoms with van der Waals surface area (Å²) < 4.78 is 0. The molecule has 1 heterocycles. The number of aromatic nitrogens is 1. The first-order chi connectivity index (χ1) is 13.3. The predicted octanol–water partition coefficient (Wildman–Crippen LogP) is 8.08. The van der Waals surface area contributed by atoms with Crippen LogP contribution in [-0.4, -0.2) is 4.98 Å². The van der Waals surface area contributed by atoms with Crippen molar-refractivity contribution in [1.82, 2.24) is 4.98 Å². The molecule has 1 heteroatoms. The Hall–Kier alpha value is -0.850. The molecule has 0 aromatic carbocycles. The normalized spacial score (nSPS) is 29.0. The van der Waals surface area contributed by atoms with Crippen LogP contribution in [0.3, 0.4) is 0 Å². The molecule has 0 spiro atoms. The van der Waals surface area contributed by atoms with Crippen molar-refractivity contribution in [3.63, 3.8) is 0 Å². The van der Waals surface area contributed by atoms with Crippen molar-refractivity contribution in [3.05, 3.63) is 29.6 Å². The van der Waals surface area contributed by atoms with E-state index >= 15 is 0 Å². The maximum Gasteiger partial charge on any atom is 0.0434 e. The molecule has 0 aliphatic heterocycles. The molecule has 1 aromatic rings. The summed E-state index contributed by atoms with van der Waals surface area (Å²) in [5, 5.41) is 0. The summed E-state index contributed by atoms with van der Waals surface area (Å²) in [5.41, 5.74) is 2.80. The molecule has 0 radical (unpaired) electrons. The number of hydrogen-bond acceptors (Lipinski definition) is 1. The monoisotopic (exact) mass is 369 g/mol. The van der Waals surface area contributed by atoms with E-state index in [1.807, 2.05) is 0 Å². The number of pyridine rings is 1. The van der Waals surface area contributed by atoms with Crippen LogP contribution in [0.5, 0.6) is 0 Å². The van der Waals surface area contributed by atoms with Gasteiger partial charge in [0.2, 0.25) is 0 Å². The van der Waals surface area contributed by atoms with E-state index < -0.39 is 0 Å². The van der Waals surface area contributed by atoms with Crippen molar-refractivity contribution < 1.29 is 0 Å². The van der Waals surface area contributed by atoms with Gasteiger partial charge in [-0.3, -0.25) is 4.98 Å². The van der Waals surface area contributed by atoms with Gasteiger partial charge in [-0.1, -0.05) is 64.9 Å². The highest BCUT2D eigenvalue weighted by Crippen LogP contribution is 2.44. The lowest BCUT2D eigenvalue weighted by Crippen LogP contribution is -2.25. The van der Waals surface area contributed by atoms with Crippen molar-refractivity contribution in [2.45, 2.75) is 116 Å². The molecule has 2 aliphatic rings. The molecule has 0 amide bonds. The lowest BCUT2D eigenvalue weighted by Gasteiger charge is -2.37. The SMILES string of the molecule is CCCCCc1ccc(C2CCC([C@H]3CC[C@H](CCCC)CC3)CC2)nc1. The average molecular weight is 370 g/mol. The number of unbranched alkanes of at least 4 members (excludes halogenated alkanes) is 3. The largest absolute Gasteiger partial charge is 0.261 e. The van der Waals surface area contributed by atoms with Crippen LogP contribution in [0, 0.1) is 17.8 Å². The van der Waals surface area contributed by atoms with Gasteiger partial charge in [-0.05, 0) is 80.8 Å². The highest BCUT2D eigenvalue weighted by atomic mass is 14.7. The molecule has 0 bridgehead atoms. The molecular formula is C26H43N. The highest BCUT2D eigenvalue weighted by molar-refractivity contribution is 5.17. The molecule has 3 rings (SSSR count). The van der Waals surface area contributed by atoms with Gasteiger partial charge in [0.15, 0.2) is 0 Å². The molecule has 0 unspecified atom stereocenters. The average Bonchev–Trinajstić information content (AvgIpc) is 2.73. The van der Waals surface area contributed by atoms with E-state index in [4.69, 9.17) is 4.98 Å². The van der Waals surface area contributed by atoms with Crippen molar-refractivity contribution in [1.29, 1.82) is 0 Å². The minimum atomic E-state index is 0.729. The molecule has 2 saturated carbocycles. The van der Waals surface area contributed by atoms with Crippen LogP contribution in [0.25, 0.3) is 0 Å². The quantitative estimate of drug-likeness (QED) is 0.401. The van der Waals surface area contributed by atoms with Crippen LogP contribution in [-0.2, 0) is 6.42 Å². The van der Waals surface area contributed by atoms with Gasteiger partial charge in [-0.15, -0.1) is 0 Å². The van der Waals surface area contributed by atoms with E-state index in [1.54, 1.807) is 0 Å².